The standard InChI is InChI=1S/C13H18N2O4S/c1-3-6-18-11(16)10(12(17)19-7-4-2)9-15-13-14-5-8-20-13/h5,8-9H,3-4,6-7H2,1-2H3,(H,14,15). The van der Waals surface area contributed by atoms with Crippen LogP contribution in [0.15, 0.2) is 23.3 Å². The molecule has 0 atom stereocenters. The molecule has 1 N–H and O–H groups in total. The summed E-state index contributed by atoms with van der Waals surface area (Å²) in [6, 6.07) is 0. The zero-order chi connectivity index (χ0) is 14.8. The maximum Gasteiger partial charge on any atom is 0.347 e. The van der Waals surface area contributed by atoms with Crippen LogP contribution in [0.1, 0.15) is 26.7 Å². The van der Waals surface area contributed by atoms with Gasteiger partial charge in [0.15, 0.2) is 10.7 Å². The van der Waals surface area contributed by atoms with Crippen LogP contribution in [-0.4, -0.2) is 30.1 Å². The quantitative estimate of drug-likeness (QED) is 0.343. The van der Waals surface area contributed by atoms with E-state index in [0.717, 1.165) is 0 Å². The van der Waals surface area contributed by atoms with E-state index in [0.29, 0.717) is 18.0 Å². The van der Waals surface area contributed by atoms with Crippen LogP contribution in [0.2, 0.25) is 0 Å². The van der Waals surface area contributed by atoms with Crippen molar-refractivity contribution in [1.29, 1.82) is 0 Å². The molecular formula is C13H18N2O4S. The normalized spacial score (nSPS) is 9.70. The minimum absolute atomic E-state index is 0.165. The van der Waals surface area contributed by atoms with Crippen LogP contribution in [0.4, 0.5) is 5.13 Å². The van der Waals surface area contributed by atoms with Gasteiger partial charge in [-0.1, -0.05) is 13.8 Å². The van der Waals surface area contributed by atoms with E-state index in [1.165, 1.54) is 17.5 Å². The molecule has 0 fully saturated rings. The molecule has 0 spiro atoms. The molecule has 0 bridgehead atoms. The molecule has 0 aliphatic rings. The summed E-state index contributed by atoms with van der Waals surface area (Å²) in [5, 5.41) is 5.14. The minimum atomic E-state index is -0.697. The highest BCUT2D eigenvalue weighted by atomic mass is 32.1. The Morgan fingerprint density at radius 3 is 2.30 bits per heavy atom. The Morgan fingerprint density at radius 2 is 1.85 bits per heavy atom. The van der Waals surface area contributed by atoms with Crippen molar-refractivity contribution in [2.24, 2.45) is 0 Å². The molecule has 6 nitrogen and oxygen atoms in total. The fourth-order valence-corrected chi connectivity index (χ4v) is 1.67. The lowest BCUT2D eigenvalue weighted by atomic mass is 10.3. The molecule has 0 aliphatic carbocycles. The molecule has 1 heterocycles. The van der Waals surface area contributed by atoms with Crippen molar-refractivity contribution in [2.75, 3.05) is 18.5 Å². The second kappa shape index (κ2) is 9.08. The summed E-state index contributed by atoms with van der Waals surface area (Å²) in [5.74, 6) is -1.39. The summed E-state index contributed by atoms with van der Waals surface area (Å²) in [7, 11) is 0. The number of anilines is 1. The summed E-state index contributed by atoms with van der Waals surface area (Å²) in [4.78, 5) is 27.6. The van der Waals surface area contributed by atoms with Gasteiger partial charge in [-0.2, -0.15) is 0 Å². The first kappa shape index (κ1) is 16.2. The summed E-state index contributed by atoms with van der Waals surface area (Å²) in [6.07, 6.45) is 4.26. The van der Waals surface area contributed by atoms with Crippen LogP contribution in [0.3, 0.4) is 0 Å². The number of carbonyl (C=O) groups excluding carboxylic acids is 2. The predicted molar refractivity (Wildman–Crippen MR) is 76.3 cm³/mol. The van der Waals surface area contributed by atoms with E-state index in [-0.39, 0.29) is 18.8 Å². The van der Waals surface area contributed by atoms with Gasteiger partial charge in [0.25, 0.3) is 0 Å². The molecule has 7 heteroatoms. The molecule has 1 aromatic heterocycles. The zero-order valence-electron chi connectivity index (χ0n) is 11.5. The molecule has 1 rings (SSSR count). The van der Waals surface area contributed by atoms with Crippen molar-refractivity contribution in [2.45, 2.75) is 26.7 Å². The fourth-order valence-electron chi connectivity index (χ4n) is 1.17. The lowest BCUT2D eigenvalue weighted by Gasteiger charge is -2.08. The van der Waals surface area contributed by atoms with Gasteiger partial charge in [-0.15, -0.1) is 11.3 Å². The number of aromatic nitrogens is 1. The van der Waals surface area contributed by atoms with Crippen molar-refractivity contribution in [3.8, 4) is 0 Å². The predicted octanol–water partition coefficient (Wildman–Crippen LogP) is 2.35. The molecule has 0 aliphatic heterocycles. The van der Waals surface area contributed by atoms with Gasteiger partial charge in [0, 0.05) is 17.8 Å². The maximum absolute atomic E-state index is 11.8. The third kappa shape index (κ3) is 5.40. The highest BCUT2D eigenvalue weighted by molar-refractivity contribution is 7.13. The largest absolute Gasteiger partial charge is 0.462 e. The van der Waals surface area contributed by atoms with E-state index in [2.05, 4.69) is 10.3 Å². The molecule has 0 unspecified atom stereocenters. The zero-order valence-corrected chi connectivity index (χ0v) is 12.4. The lowest BCUT2D eigenvalue weighted by molar-refractivity contribution is -0.147. The highest BCUT2D eigenvalue weighted by Gasteiger charge is 2.21. The number of ether oxygens (including phenoxy) is 2. The van der Waals surface area contributed by atoms with Crippen LogP contribution in [-0.2, 0) is 19.1 Å². The van der Waals surface area contributed by atoms with Crippen LogP contribution in [0.25, 0.3) is 0 Å². The molecular weight excluding hydrogens is 280 g/mol. The second-order valence-electron chi connectivity index (χ2n) is 3.81. The number of hydrogen-bond acceptors (Lipinski definition) is 7. The number of carbonyl (C=O) groups is 2. The molecule has 0 saturated carbocycles. The van der Waals surface area contributed by atoms with Gasteiger partial charge < -0.3 is 14.8 Å². The molecule has 0 aromatic carbocycles. The third-order valence-corrected chi connectivity index (χ3v) is 2.79. The Hall–Kier alpha value is -1.89. The van der Waals surface area contributed by atoms with Crippen LogP contribution < -0.4 is 5.32 Å². The number of nitrogens with one attached hydrogen (secondary N) is 1. The minimum Gasteiger partial charge on any atom is -0.462 e. The van der Waals surface area contributed by atoms with Gasteiger partial charge >= 0.3 is 11.9 Å². The topological polar surface area (TPSA) is 77.5 Å². The first-order valence-corrected chi connectivity index (χ1v) is 7.27. The molecule has 0 amide bonds. The van der Waals surface area contributed by atoms with Crippen molar-refractivity contribution in [3.63, 3.8) is 0 Å². The van der Waals surface area contributed by atoms with E-state index in [1.807, 2.05) is 13.8 Å². The van der Waals surface area contributed by atoms with Gasteiger partial charge in [-0.3, -0.25) is 0 Å². The Balaban J connectivity index is 2.74. The maximum atomic E-state index is 11.8. The smallest absolute Gasteiger partial charge is 0.347 e. The van der Waals surface area contributed by atoms with Crippen LogP contribution in [0, 0.1) is 0 Å². The van der Waals surface area contributed by atoms with Crippen molar-refractivity contribution < 1.29 is 19.1 Å². The number of nitrogens with zero attached hydrogens (tertiary/aromatic N) is 1. The van der Waals surface area contributed by atoms with E-state index in [9.17, 15) is 9.59 Å². The van der Waals surface area contributed by atoms with Gasteiger partial charge in [0.2, 0.25) is 0 Å². The first-order valence-electron chi connectivity index (χ1n) is 6.39. The lowest BCUT2D eigenvalue weighted by Crippen LogP contribution is -2.20. The van der Waals surface area contributed by atoms with Crippen LogP contribution in [0.5, 0.6) is 0 Å². The van der Waals surface area contributed by atoms with E-state index < -0.39 is 11.9 Å². The molecule has 0 radical (unpaired) electrons. The van der Waals surface area contributed by atoms with Gasteiger partial charge in [0.1, 0.15) is 0 Å². The van der Waals surface area contributed by atoms with Crippen molar-refractivity contribution >= 4 is 28.4 Å². The summed E-state index contributed by atoms with van der Waals surface area (Å²) < 4.78 is 9.92. The number of hydrogen-bond donors (Lipinski definition) is 1. The SMILES string of the molecule is CCCOC(=O)C(=CNc1nccs1)C(=O)OCCC. The van der Waals surface area contributed by atoms with Gasteiger partial charge in [-0.25, -0.2) is 14.6 Å². The average molecular weight is 298 g/mol. The van der Waals surface area contributed by atoms with Crippen molar-refractivity contribution in [3.05, 3.63) is 23.3 Å². The molecule has 20 heavy (non-hydrogen) atoms. The number of thiazole rings is 1. The van der Waals surface area contributed by atoms with Crippen LogP contribution >= 0.6 is 11.3 Å². The van der Waals surface area contributed by atoms with Crippen molar-refractivity contribution in [1.82, 2.24) is 4.98 Å². The summed E-state index contributed by atoms with van der Waals surface area (Å²) >= 11 is 1.35. The Bertz CT molecular complexity index is 435. The Morgan fingerprint density at radius 1 is 1.25 bits per heavy atom. The Kier molecular flexibility index (Phi) is 7.34. The third-order valence-electron chi connectivity index (χ3n) is 2.09. The average Bonchev–Trinajstić information content (AvgIpc) is 2.96. The molecule has 110 valence electrons. The highest BCUT2D eigenvalue weighted by Crippen LogP contribution is 2.12. The number of esters is 2. The first-order chi connectivity index (χ1) is 9.69. The summed E-state index contributed by atoms with van der Waals surface area (Å²) in [6.45, 7) is 4.27. The number of rotatable bonds is 8. The molecule has 0 saturated heterocycles. The Labute approximate surface area is 121 Å². The fraction of sp³-hybridized carbons (Fsp3) is 0.462. The molecule has 1 aromatic rings. The second-order valence-corrected chi connectivity index (χ2v) is 4.71. The van der Waals surface area contributed by atoms with Gasteiger partial charge in [0.05, 0.1) is 13.2 Å². The van der Waals surface area contributed by atoms with E-state index in [1.54, 1.807) is 11.6 Å². The van der Waals surface area contributed by atoms with E-state index in [4.69, 9.17) is 9.47 Å². The van der Waals surface area contributed by atoms with Gasteiger partial charge in [-0.05, 0) is 12.8 Å². The monoisotopic (exact) mass is 298 g/mol. The summed E-state index contributed by atoms with van der Waals surface area (Å²) in [5.41, 5.74) is -0.165. The van der Waals surface area contributed by atoms with E-state index >= 15 is 0 Å².